The largest absolute Gasteiger partial charge is 0.398 e. The highest BCUT2D eigenvalue weighted by Crippen LogP contribution is 2.29. The number of alkyl halides is 1. The molecule has 0 bridgehead atoms. The standard InChI is InChI=1S/C16H14BrN3O/c1-10-12(7-4-8-14(10)18)15-19-16(21-20-15)13-6-3-2-5-11(13)9-17/h2-8H,9,18H2,1H3. The normalized spacial score (nSPS) is 10.8. The molecule has 3 rings (SSSR count). The lowest BCUT2D eigenvalue weighted by molar-refractivity contribution is 0.432. The molecule has 4 nitrogen and oxygen atoms in total. The highest BCUT2D eigenvalue weighted by Gasteiger charge is 2.15. The van der Waals surface area contributed by atoms with Crippen LogP contribution in [0.15, 0.2) is 47.0 Å². The fraction of sp³-hybridized carbons (Fsp3) is 0.125. The van der Waals surface area contributed by atoms with E-state index in [4.69, 9.17) is 10.3 Å². The zero-order valence-electron chi connectivity index (χ0n) is 11.5. The van der Waals surface area contributed by atoms with E-state index >= 15 is 0 Å². The number of anilines is 1. The fourth-order valence-corrected chi connectivity index (χ4v) is 2.67. The van der Waals surface area contributed by atoms with Crippen molar-refractivity contribution < 1.29 is 4.52 Å². The van der Waals surface area contributed by atoms with Gasteiger partial charge in [0.1, 0.15) is 0 Å². The molecule has 2 N–H and O–H groups in total. The van der Waals surface area contributed by atoms with Crippen molar-refractivity contribution in [2.75, 3.05) is 5.73 Å². The van der Waals surface area contributed by atoms with Gasteiger partial charge in [0, 0.05) is 22.1 Å². The van der Waals surface area contributed by atoms with Crippen LogP contribution in [0.3, 0.4) is 0 Å². The van der Waals surface area contributed by atoms with E-state index in [2.05, 4.69) is 26.1 Å². The Morgan fingerprint density at radius 2 is 1.86 bits per heavy atom. The van der Waals surface area contributed by atoms with Gasteiger partial charge in [-0.05, 0) is 30.2 Å². The Morgan fingerprint density at radius 1 is 1.10 bits per heavy atom. The maximum absolute atomic E-state index is 5.93. The molecule has 1 heterocycles. The van der Waals surface area contributed by atoms with Gasteiger partial charge in [0.05, 0.1) is 0 Å². The number of nitrogen functional groups attached to an aromatic ring is 1. The minimum atomic E-state index is 0.516. The lowest BCUT2D eigenvalue weighted by Gasteiger charge is -2.03. The van der Waals surface area contributed by atoms with E-state index in [0.717, 1.165) is 33.3 Å². The highest BCUT2D eigenvalue weighted by molar-refractivity contribution is 9.08. The predicted molar refractivity (Wildman–Crippen MR) is 87.0 cm³/mol. The Balaban J connectivity index is 2.06. The van der Waals surface area contributed by atoms with Crippen molar-refractivity contribution in [3.8, 4) is 22.8 Å². The third-order valence-electron chi connectivity index (χ3n) is 3.43. The van der Waals surface area contributed by atoms with Gasteiger partial charge >= 0.3 is 0 Å². The average Bonchev–Trinajstić information content (AvgIpc) is 2.99. The van der Waals surface area contributed by atoms with Crippen LogP contribution in [0, 0.1) is 6.92 Å². The van der Waals surface area contributed by atoms with Crippen molar-refractivity contribution in [1.82, 2.24) is 10.1 Å². The minimum Gasteiger partial charge on any atom is -0.398 e. The van der Waals surface area contributed by atoms with E-state index in [1.807, 2.05) is 49.4 Å². The van der Waals surface area contributed by atoms with Crippen LogP contribution in [0.25, 0.3) is 22.8 Å². The van der Waals surface area contributed by atoms with Crippen LogP contribution in [0.5, 0.6) is 0 Å². The summed E-state index contributed by atoms with van der Waals surface area (Å²) in [5, 5.41) is 4.82. The second-order valence-electron chi connectivity index (χ2n) is 4.73. The molecule has 0 radical (unpaired) electrons. The molecule has 106 valence electrons. The SMILES string of the molecule is Cc1c(N)cccc1-c1noc(-c2ccccc2CBr)n1. The molecule has 5 heteroatoms. The minimum absolute atomic E-state index is 0.516. The fourth-order valence-electron chi connectivity index (χ4n) is 2.18. The van der Waals surface area contributed by atoms with Gasteiger partial charge in [-0.2, -0.15) is 4.98 Å². The van der Waals surface area contributed by atoms with Crippen LogP contribution in [-0.4, -0.2) is 10.1 Å². The van der Waals surface area contributed by atoms with Crippen molar-refractivity contribution in [3.63, 3.8) is 0 Å². The second-order valence-corrected chi connectivity index (χ2v) is 5.29. The summed E-state index contributed by atoms with van der Waals surface area (Å²) >= 11 is 3.47. The third kappa shape index (κ3) is 2.56. The van der Waals surface area contributed by atoms with Gasteiger partial charge in [-0.25, -0.2) is 0 Å². The molecule has 0 aliphatic carbocycles. The van der Waals surface area contributed by atoms with Gasteiger partial charge in [0.25, 0.3) is 5.89 Å². The molecular formula is C16H14BrN3O. The molecule has 0 atom stereocenters. The highest BCUT2D eigenvalue weighted by atomic mass is 79.9. The quantitative estimate of drug-likeness (QED) is 0.572. The third-order valence-corrected chi connectivity index (χ3v) is 4.04. The number of hydrogen-bond donors (Lipinski definition) is 1. The molecule has 0 saturated heterocycles. The lowest BCUT2D eigenvalue weighted by Crippen LogP contribution is -1.93. The summed E-state index contributed by atoms with van der Waals surface area (Å²) in [7, 11) is 0. The Labute approximate surface area is 131 Å². The van der Waals surface area contributed by atoms with E-state index in [-0.39, 0.29) is 0 Å². The van der Waals surface area contributed by atoms with Gasteiger partial charge in [-0.15, -0.1) is 0 Å². The summed E-state index contributed by atoms with van der Waals surface area (Å²) < 4.78 is 5.42. The average molecular weight is 344 g/mol. The molecule has 0 unspecified atom stereocenters. The molecule has 3 aromatic rings. The molecular weight excluding hydrogens is 330 g/mol. The van der Waals surface area contributed by atoms with Crippen molar-refractivity contribution >= 4 is 21.6 Å². The molecule has 0 aliphatic rings. The summed E-state index contributed by atoms with van der Waals surface area (Å²) in [5.74, 6) is 1.07. The first-order valence-electron chi connectivity index (χ1n) is 6.54. The lowest BCUT2D eigenvalue weighted by atomic mass is 10.1. The first kappa shape index (κ1) is 13.8. The Hall–Kier alpha value is -2.14. The van der Waals surface area contributed by atoms with Crippen molar-refractivity contribution in [2.45, 2.75) is 12.3 Å². The van der Waals surface area contributed by atoms with E-state index < -0.39 is 0 Å². The molecule has 0 amide bonds. The van der Waals surface area contributed by atoms with Gasteiger partial charge < -0.3 is 10.3 Å². The molecule has 0 aliphatic heterocycles. The summed E-state index contributed by atoms with van der Waals surface area (Å²) in [6.45, 7) is 1.95. The van der Waals surface area contributed by atoms with Gasteiger partial charge in [-0.3, -0.25) is 0 Å². The molecule has 0 spiro atoms. The Bertz CT molecular complexity index is 783. The number of nitrogens with zero attached hydrogens (tertiary/aromatic N) is 2. The van der Waals surface area contributed by atoms with Crippen LogP contribution < -0.4 is 5.73 Å². The molecule has 1 aromatic heterocycles. The van der Waals surface area contributed by atoms with Crippen LogP contribution in [0.1, 0.15) is 11.1 Å². The number of nitrogens with two attached hydrogens (primary N) is 1. The van der Waals surface area contributed by atoms with Gasteiger partial charge in [0.15, 0.2) is 0 Å². The monoisotopic (exact) mass is 343 g/mol. The van der Waals surface area contributed by atoms with E-state index in [9.17, 15) is 0 Å². The maximum atomic E-state index is 5.93. The van der Waals surface area contributed by atoms with Crippen molar-refractivity contribution in [3.05, 3.63) is 53.6 Å². The van der Waals surface area contributed by atoms with Gasteiger partial charge in [-0.1, -0.05) is 51.4 Å². The number of hydrogen-bond acceptors (Lipinski definition) is 4. The maximum Gasteiger partial charge on any atom is 0.258 e. The van der Waals surface area contributed by atoms with Crippen molar-refractivity contribution in [1.29, 1.82) is 0 Å². The Morgan fingerprint density at radius 3 is 2.67 bits per heavy atom. The summed E-state index contributed by atoms with van der Waals surface area (Å²) in [4.78, 5) is 4.51. The molecule has 0 saturated carbocycles. The predicted octanol–water partition coefficient (Wildman–Crippen LogP) is 4.19. The number of benzene rings is 2. The van der Waals surface area contributed by atoms with Crippen LogP contribution >= 0.6 is 15.9 Å². The first-order chi connectivity index (χ1) is 10.2. The zero-order valence-corrected chi connectivity index (χ0v) is 13.1. The van der Waals surface area contributed by atoms with E-state index in [1.54, 1.807) is 0 Å². The Kier molecular flexibility index (Phi) is 3.75. The van der Waals surface area contributed by atoms with Gasteiger partial charge in [0.2, 0.25) is 5.82 Å². The molecule has 2 aromatic carbocycles. The topological polar surface area (TPSA) is 64.9 Å². The number of rotatable bonds is 3. The smallest absolute Gasteiger partial charge is 0.258 e. The van der Waals surface area contributed by atoms with Crippen LogP contribution in [-0.2, 0) is 5.33 Å². The zero-order chi connectivity index (χ0) is 14.8. The van der Waals surface area contributed by atoms with E-state index in [0.29, 0.717) is 11.7 Å². The summed E-state index contributed by atoms with van der Waals surface area (Å²) in [5.41, 5.74) is 10.5. The van der Waals surface area contributed by atoms with Crippen LogP contribution in [0.4, 0.5) is 5.69 Å². The second kappa shape index (κ2) is 5.69. The van der Waals surface area contributed by atoms with Crippen molar-refractivity contribution in [2.24, 2.45) is 0 Å². The van der Waals surface area contributed by atoms with E-state index in [1.165, 1.54) is 0 Å². The molecule has 0 fully saturated rings. The number of aromatic nitrogens is 2. The summed E-state index contributed by atoms with van der Waals surface area (Å²) in [6, 6.07) is 13.6. The summed E-state index contributed by atoms with van der Waals surface area (Å²) in [6.07, 6.45) is 0. The molecule has 21 heavy (non-hydrogen) atoms. The van der Waals surface area contributed by atoms with Crippen LogP contribution in [0.2, 0.25) is 0 Å². The first-order valence-corrected chi connectivity index (χ1v) is 7.66. The number of halogens is 1.